The Kier molecular flexibility index (Phi) is 6.07. The van der Waals surface area contributed by atoms with E-state index in [9.17, 15) is 9.59 Å². The average Bonchev–Trinajstić information content (AvgIpc) is 3.27. The van der Waals surface area contributed by atoms with Crippen molar-refractivity contribution in [2.75, 3.05) is 13.2 Å². The van der Waals surface area contributed by atoms with E-state index in [0.717, 1.165) is 31.4 Å². The van der Waals surface area contributed by atoms with Gasteiger partial charge in [-0.05, 0) is 38.5 Å². The van der Waals surface area contributed by atoms with Crippen LogP contribution < -0.4 is 10.6 Å². The maximum absolute atomic E-state index is 12.5. The maximum Gasteiger partial charge on any atom is 0.271 e. The minimum Gasteiger partial charge on any atom is -0.396 e. The summed E-state index contributed by atoms with van der Waals surface area (Å²) in [6.45, 7) is 1.27. The number of nitrogens with zero attached hydrogens (tertiary/aromatic N) is 2. The SMILES string of the molecule is O=C(NCCCCO)c1ncn2c1CCC(C(=O)NC1CCCC1)C2. The number of imidazole rings is 1. The molecule has 2 heterocycles. The number of hydrogen-bond acceptors (Lipinski definition) is 4. The van der Waals surface area contributed by atoms with Gasteiger partial charge in [0, 0.05) is 25.7 Å². The zero-order valence-electron chi connectivity index (χ0n) is 14.7. The number of carbonyl (C=O) groups is 2. The zero-order chi connectivity index (χ0) is 17.6. The molecule has 0 aromatic carbocycles. The molecule has 1 aromatic heterocycles. The van der Waals surface area contributed by atoms with E-state index in [1.807, 2.05) is 4.57 Å². The molecule has 1 aliphatic heterocycles. The van der Waals surface area contributed by atoms with Gasteiger partial charge in [0.1, 0.15) is 5.69 Å². The number of aliphatic hydroxyl groups excluding tert-OH is 1. The molecule has 1 unspecified atom stereocenters. The van der Waals surface area contributed by atoms with Crippen molar-refractivity contribution in [3.8, 4) is 0 Å². The van der Waals surface area contributed by atoms with E-state index in [1.165, 1.54) is 12.8 Å². The van der Waals surface area contributed by atoms with Crippen LogP contribution in [0, 0.1) is 5.92 Å². The van der Waals surface area contributed by atoms with E-state index in [-0.39, 0.29) is 24.3 Å². The molecule has 1 aliphatic carbocycles. The number of unbranched alkanes of at least 4 members (excludes halogenated alkanes) is 1. The Morgan fingerprint density at radius 3 is 2.80 bits per heavy atom. The third-order valence-electron chi connectivity index (χ3n) is 5.25. The highest BCUT2D eigenvalue weighted by atomic mass is 16.3. The van der Waals surface area contributed by atoms with Gasteiger partial charge in [-0.2, -0.15) is 0 Å². The van der Waals surface area contributed by atoms with Gasteiger partial charge in [-0.25, -0.2) is 4.98 Å². The second-order valence-corrected chi connectivity index (χ2v) is 7.10. The first-order valence-electron chi connectivity index (χ1n) is 9.42. The molecule has 1 saturated carbocycles. The highest BCUT2D eigenvalue weighted by Gasteiger charge is 2.30. The fourth-order valence-corrected chi connectivity index (χ4v) is 3.78. The zero-order valence-corrected chi connectivity index (χ0v) is 14.7. The lowest BCUT2D eigenvalue weighted by atomic mass is 9.95. The molecule has 0 bridgehead atoms. The Hall–Kier alpha value is -1.89. The van der Waals surface area contributed by atoms with E-state index >= 15 is 0 Å². The highest BCUT2D eigenvalue weighted by Crippen LogP contribution is 2.24. The van der Waals surface area contributed by atoms with Crippen LogP contribution in [-0.4, -0.2) is 45.7 Å². The number of nitrogens with one attached hydrogen (secondary N) is 2. The minimum atomic E-state index is -0.166. The van der Waals surface area contributed by atoms with Gasteiger partial charge in [0.05, 0.1) is 17.9 Å². The van der Waals surface area contributed by atoms with Gasteiger partial charge in [-0.15, -0.1) is 0 Å². The van der Waals surface area contributed by atoms with Crippen LogP contribution >= 0.6 is 0 Å². The van der Waals surface area contributed by atoms with Gasteiger partial charge < -0.3 is 20.3 Å². The number of amides is 2. The molecular weight excluding hydrogens is 320 g/mol. The molecule has 138 valence electrons. The summed E-state index contributed by atoms with van der Waals surface area (Å²) < 4.78 is 1.95. The van der Waals surface area contributed by atoms with Crippen LogP contribution in [-0.2, 0) is 17.8 Å². The van der Waals surface area contributed by atoms with E-state index in [0.29, 0.717) is 37.7 Å². The quantitative estimate of drug-likeness (QED) is 0.641. The van der Waals surface area contributed by atoms with Crippen LogP contribution in [0.15, 0.2) is 6.33 Å². The second-order valence-electron chi connectivity index (χ2n) is 7.10. The third kappa shape index (κ3) is 4.39. The van der Waals surface area contributed by atoms with Crippen molar-refractivity contribution >= 4 is 11.8 Å². The van der Waals surface area contributed by atoms with Crippen molar-refractivity contribution < 1.29 is 14.7 Å². The molecule has 0 spiro atoms. The number of fused-ring (bicyclic) bond motifs is 1. The second kappa shape index (κ2) is 8.47. The Morgan fingerprint density at radius 1 is 1.24 bits per heavy atom. The van der Waals surface area contributed by atoms with E-state index in [2.05, 4.69) is 15.6 Å². The molecule has 1 fully saturated rings. The molecular formula is C18H28N4O3. The summed E-state index contributed by atoms with van der Waals surface area (Å²) >= 11 is 0. The molecule has 25 heavy (non-hydrogen) atoms. The van der Waals surface area contributed by atoms with Crippen LogP contribution in [0.25, 0.3) is 0 Å². The van der Waals surface area contributed by atoms with Gasteiger partial charge in [-0.1, -0.05) is 12.8 Å². The fourth-order valence-electron chi connectivity index (χ4n) is 3.78. The summed E-state index contributed by atoms with van der Waals surface area (Å²) in [6.07, 6.45) is 9.16. The first kappa shape index (κ1) is 17.9. The van der Waals surface area contributed by atoms with Crippen LogP contribution in [0.1, 0.15) is 61.1 Å². The van der Waals surface area contributed by atoms with E-state index in [1.54, 1.807) is 6.33 Å². The van der Waals surface area contributed by atoms with E-state index < -0.39 is 0 Å². The molecule has 1 atom stereocenters. The largest absolute Gasteiger partial charge is 0.396 e. The predicted octanol–water partition coefficient (Wildman–Crippen LogP) is 1.01. The number of aromatic nitrogens is 2. The van der Waals surface area contributed by atoms with Gasteiger partial charge in [0.15, 0.2) is 0 Å². The lowest BCUT2D eigenvalue weighted by Gasteiger charge is -2.25. The van der Waals surface area contributed by atoms with Crippen molar-refractivity contribution in [2.45, 2.75) is 64.0 Å². The van der Waals surface area contributed by atoms with Crippen LogP contribution in [0.4, 0.5) is 0 Å². The third-order valence-corrected chi connectivity index (χ3v) is 5.25. The van der Waals surface area contributed by atoms with Gasteiger partial charge in [0.25, 0.3) is 5.91 Å². The predicted molar refractivity (Wildman–Crippen MR) is 93.1 cm³/mol. The summed E-state index contributed by atoms with van der Waals surface area (Å²) in [6, 6.07) is 0.344. The summed E-state index contributed by atoms with van der Waals surface area (Å²) in [5, 5.41) is 14.8. The molecule has 0 radical (unpaired) electrons. The topological polar surface area (TPSA) is 96.2 Å². The highest BCUT2D eigenvalue weighted by molar-refractivity contribution is 5.93. The molecule has 0 saturated heterocycles. The van der Waals surface area contributed by atoms with Crippen LogP contribution in [0.3, 0.4) is 0 Å². The van der Waals surface area contributed by atoms with Crippen LogP contribution in [0.5, 0.6) is 0 Å². The summed E-state index contributed by atoms with van der Waals surface area (Å²) in [4.78, 5) is 29.0. The van der Waals surface area contributed by atoms with Gasteiger partial charge >= 0.3 is 0 Å². The first-order valence-corrected chi connectivity index (χ1v) is 9.42. The smallest absolute Gasteiger partial charge is 0.271 e. The summed E-state index contributed by atoms with van der Waals surface area (Å²) in [7, 11) is 0. The normalized spacial score (nSPS) is 20.3. The van der Waals surface area contributed by atoms with Gasteiger partial charge in [-0.3, -0.25) is 9.59 Å². The molecule has 2 amide bonds. The van der Waals surface area contributed by atoms with Crippen molar-refractivity contribution in [1.82, 2.24) is 20.2 Å². The Bertz CT molecular complexity index is 607. The van der Waals surface area contributed by atoms with Crippen molar-refractivity contribution in [3.05, 3.63) is 17.7 Å². The maximum atomic E-state index is 12.5. The fraction of sp³-hybridized carbons (Fsp3) is 0.722. The molecule has 7 nitrogen and oxygen atoms in total. The number of aliphatic hydroxyl groups is 1. The molecule has 2 aliphatic rings. The standard InChI is InChI=1S/C18H28N4O3/c23-10-4-3-9-19-18(25)16-15-8-7-13(11-22(15)12-20-16)17(24)21-14-5-1-2-6-14/h12-14,23H,1-11H2,(H,19,25)(H,21,24). The Morgan fingerprint density at radius 2 is 2.04 bits per heavy atom. The lowest BCUT2D eigenvalue weighted by molar-refractivity contribution is -0.126. The number of rotatable bonds is 7. The average molecular weight is 348 g/mol. The molecule has 1 aromatic rings. The monoisotopic (exact) mass is 348 g/mol. The Balaban J connectivity index is 1.54. The van der Waals surface area contributed by atoms with Crippen LogP contribution in [0.2, 0.25) is 0 Å². The summed E-state index contributed by atoms with van der Waals surface area (Å²) in [5.41, 5.74) is 1.39. The van der Waals surface area contributed by atoms with Crippen molar-refractivity contribution in [2.24, 2.45) is 5.92 Å². The molecule has 7 heteroatoms. The number of carbonyl (C=O) groups excluding carboxylic acids is 2. The van der Waals surface area contributed by atoms with E-state index in [4.69, 9.17) is 5.11 Å². The molecule has 3 rings (SSSR count). The first-order chi connectivity index (χ1) is 12.2. The molecule has 3 N–H and O–H groups in total. The lowest BCUT2D eigenvalue weighted by Crippen LogP contribution is -2.40. The summed E-state index contributed by atoms with van der Waals surface area (Å²) in [5.74, 6) is -0.0652. The van der Waals surface area contributed by atoms with Crippen molar-refractivity contribution in [1.29, 1.82) is 0 Å². The van der Waals surface area contributed by atoms with Crippen molar-refractivity contribution in [3.63, 3.8) is 0 Å². The van der Waals surface area contributed by atoms with Gasteiger partial charge in [0.2, 0.25) is 5.91 Å². The number of hydrogen-bond donors (Lipinski definition) is 3. The Labute approximate surface area is 148 Å². The minimum absolute atomic E-state index is 0.0391.